The second-order valence-electron chi connectivity index (χ2n) is 7.32. The molecule has 0 radical (unpaired) electrons. The first-order chi connectivity index (χ1) is 13.5. The van der Waals surface area contributed by atoms with Crippen LogP contribution in [0.1, 0.15) is 36.2 Å². The van der Waals surface area contributed by atoms with E-state index in [1.165, 1.54) is 32.1 Å². The van der Waals surface area contributed by atoms with Gasteiger partial charge in [0.25, 0.3) is 0 Å². The van der Waals surface area contributed by atoms with Gasteiger partial charge in [0.1, 0.15) is 23.5 Å². The number of Topliss-reactive ketones (excluding diaryl/α,β-unsaturated/α-hetero) is 1. The molecule has 4 unspecified atom stereocenters. The second kappa shape index (κ2) is 9.19. The number of ketones is 1. The number of nitrogens with zero attached hydrogens (tertiary/aromatic N) is 1. The predicted octanol–water partition coefficient (Wildman–Crippen LogP) is 2.20. The van der Waals surface area contributed by atoms with Gasteiger partial charge in [0.2, 0.25) is 5.78 Å². The molecule has 0 saturated carbocycles. The molecule has 0 saturated heterocycles. The van der Waals surface area contributed by atoms with Crippen LogP contribution in [0.15, 0.2) is 30.1 Å². The number of ether oxygens (including phenoxy) is 1. The van der Waals surface area contributed by atoms with Gasteiger partial charge in [0.15, 0.2) is 5.83 Å². The number of phenols is 1. The summed E-state index contributed by atoms with van der Waals surface area (Å²) < 4.78 is 19.5. The number of benzene rings is 1. The van der Waals surface area contributed by atoms with Gasteiger partial charge in [0, 0.05) is 31.8 Å². The number of anilines is 1. The number of hydrogen-bond acceptors (Lipinski definition) is 7. The standard InChI is InChI=1S/C21H26FNO6/c1-11-8-15(22)19(26)20(27)16(24)7-5-6-13-9-14(23(3)4)10-17(25)18(13)21(28)29-12(11)2/h5-6,8-12,16,20,24-25,27H,7H2,1-4H3/b6-5+,15-8+. The van der Waals surface area contributed by atoms with Crippen LogP contribution in [0, 0.1) is 5.92 Å². The summed E-state index contributed by atoms with van der Waals surface area (Å²) >= 11 is 0. The van der Waals surface area contributed by atoms with Gasteiger partial charge in [-0.3, -0.25) is 4.79 Å². The van der Waals surface area contributed by atoms with E-state index in [4.69, 9.17) is 4.74 Å². The van der Waals surface area contributed by atoms with E-state index in [-0.39, 0.29) is 17.7 Å². The molecule has 7 nitrogen and oxygen atoms in total. The van der Waals surface area contributed by atoms with E-state index < -0.39 is 41.8 Å². The van der Waals surface area contributed by atoms with E-state index in [0.29, 0.717) is 11.3 Å². The zero-order valence-corrected chi connectivity index (χ0v) is 16.8. The molecule has 4 atom stereocenters. The summed E-state index contributed by atoms with van der Waals surface area (Å²) in [5.74, 6) is -4.24. The molecule has 0 fully saturated rings. The highest BCUT2D eigenvalue weighted by molar-refractivity contribution is 5.98. The van der Waals surface area contributed by atoms with Gasteiger partial charge >= 0.3 is 5.97 Å². The molecule has 0 bridgehead atoms. The Bertz CT molecular complexity index is 848. The Morgan fingerprint density at radius 2 is 1.83 bits per heavy atom. The molecular weight excluding hydrogens is 381 g/mol. The van der Waals surface area contributed by atoms with Crippen molar-refractivity contribution in [3.05, 3.63) is 41.2 Å². The first-order valence-electron chi connectivity index (χ1n) is 9.22. The lowest BCUT2D eigenvalue weighted by atomic mass is 9.99. The van der Waals surface area contributed by atoms with Gasteiger partial charge in [-0.15, -0.1) is 0 Å². The van der Waals surface area contributed by atoms with Crippen LogP contribution in [-0.4, -0.2) is 59.5 Å². The predicted molar refractivity (Wildman–Crippen MR) is 106 cm³/mol. The number of halogens is 1. The number of phenolic OH excluding ortho intramolecular Hbond substituents is 1. The number of hydrogen-bond donors (Lipinski definition) is 3. The second-order valence-corrected chi connectivity index (χ2v) is 7.32. The van der Waals surface area contributed by atoms with Crippen LogP contribution in [0.3, 0.4) is 0 Å². The number of fused-ring (bicyclic) bond motifs is 1. The maximum atomic E-state index is 14.2. The quantitative estimate of drug-likeness (QED) is 0.613. The third-order valence-electron chi connectivity index (χ3n) is 4.84. The zero-order valence-electron chi connectivity index (χ0n) is 16.8. The average molecular weight is 407 g/mol. The lowest BCUT2D eigenvalue weighted by Gasteiger charge is -2.21. The SMILES string of the molecule is CC1/C=C(/F)C(=O)C(O)C(O)C/C=C/c2cc(N(C)C)cc(O)c2C(=O)OC1C. The van der Waals surface area contributed by atoms with Crippen LogP contribution in [0.5, 0.6) is 5.75 Å². The van der Waals surface area contributed by atoms with Gasteiger partial charge < -0.3 is 25.0 Å². The van der Waals surface area contributed by atoms with E-state index >= 15 is 0 Å². The summed E-state index contributed by atoms with van der Waals surface area (Å²) in [5, 5.41) is 30.4. The molecule has 0 spiro atoms. The largest absolute Gasteiger partial charge is 0.507 e. The number of aromatic hydroxyl groups is 1. The monoisotopic (exact) mass is 407 g/mol. The maximum absolute atomic E-state index is 14.2. The summed E-state index contributed by atoms with van der Waals surface area (Å²) in [6.45, 7) is 3.06. The molecule has 158 valence electrons. The average Bonchev–Trinajstić information content (AvgIpc) is 2.65. The fraction of sp³-hybridized carbons (Fsp3) is 0.429. The van der Waals surface area contributed by atoms with Crippen molar-refractivity contribution >= 4 is 23.5 Å². The minimum absolute atomic E-state index is 0.0708. The molecule has 0 amide bonds. The van der Waals surface area contributed by atoms with Crippen LogP contribution in [-0.2, 0) is 9.53 Å². The van der Waals surface area contributed by atoms with Crippen LogP contribution in [0.4, 0.5) is 10.1 Å². The third-order valence-corrected chi connectivity index (χ3v) is 4.84. The first kappa shape index (κ1) is 22.6. The highest BCUT2D eigenvalue weighted by Gasteiger charge is 2.29. The molecule has 1 heterocycles. The highest BCUT2D eigenvalue weighted by atomic mass is 19.1. The Morgan fingerprint density at radius 1 is 1.17 bits per heavy atom. The number of cyclic esters (lactones) is 1. The van der Waals surface area contributed by atoms with Crippen molar-refractivity contribution in [2.45, 2.75) is 38.6 Å². The van der Waals surface area contributed by atoms with Crippen molar-refractivity contribution in [2.24, 2.45) is 5.92 Å². The van der Waals surface area contributed by atoms with Crippen LogP contribution in [0.2, 0.25) is 0 Å². The summed E-state index contributed by atoms with van der Waals surface area (Å²) in [6.07, 6.45) is -0.627. The van der Waals surface area contributed by atoms with Crippen LogP contribution in [0.25, 0.3) is 6.08 Å². The normalized spacial score (nSPS) is 29.1. The van der Waals surface area contributed by atoms with Crippen molar-refractivity contribution in [1.82, 2.24) is 0 Å². The Labute approximate surface area is 168 Å². The molecule has 8 heteroatoms. The molecule has 0 aromatic heterocycles. The topological polar surface area (TPSA) is 107 Å². The molecule has 1 aromatic rings. The molecule has 1 aromatic carbocycles. The van der Waals surface area contributed by atoms with Crippen molar-refractivity contribution in [2.75, 3.05) is 19.0 Å². The van der Waals surface area contributed by atoms with Crippen molar-refractivity contribution < 1.29 is 34.0 Å². The molecule has 1 aliphatic heterocycles. The summed E-state index contributed by atoms with van der Waals surface area (Å²) in [6, 6.07) is 3.07. The molecule has 0 aliphatic carbocycles. The van der Waals surface area contributed by atoms with E-state index in [2.05, 4.69) is 0 Å². The maximum Gasteiger partial charge on any atom is 0.342 e. The third kappa shape index (κ3) is 5.21. The van der Waals surface area contributed by atoms with Gasteiger partial charge in [-0.05, 0) is 31.1 Å². The fourth-order valence-electron chi connectivity index (χ4n) is 2.81. The molecular formula is C21H26FNO6. The lowest BCUT2D eigenvalue weighted by molar-refractivity contribution is -0.130. The minimum Gasteiger partial charge on any atom is -0.507 e. The van der Waals surface area contributed by atoms with Crippen LogP contribution < -0.4 is 4.90 Å². The highest BCUT2D eigenvalue weighted by Crippen LogP contribution is 2.31. The molecule has 1 aliphatic rings. The van der Waals surface area contributed by atoms with Gasteiger partial charge in [0.05, 0.1) is 6.10 Å². The number of rotatable bonds is 1. The smallest absolute Gasteiger partial charge is 0.342 e. The Kier molecular flexibility index (Phi) is 7.16. The minimum atomic E-state index is -1.93. The number of aliphatic hydroxyl groups is 2. The van der Waals surface area contributed by atoms with Crippen molar-refractivity contribution in [1.29, 1.82) is 0 Å². The Balaban J connectivity index is 2.56. The van der Waals surface area contributed by atoms with E-state index in [9.17, 15) is 29.3 Å². The lowest BCUT2D eigenvalue weighted by Crippen LogP contribution is -2.34. The summed E-state index contributed by atoms with van der Waals surface area (Å²) in [5.41, 5.74) is 0.894. The number of carbonyl (C=O) groups excluding carboxylic acids is 2. The zero-order chi connectivity index (χ0) is 21.9. The van der Waals surface area contributed by atoms with Crippen LogP contribution >= 0.6 is 0 Å². The molecule has 2 rings (SSSR count). The van der Waals surface area contributed by atoms with Crippen molar-refractivity contribution in [3.63, 3.8) is 0 Å². The number of aliphatic hydroxyl groups excluding tert-OH is 2. The molecule has 3 N–H and O–H groups in total. The summed E-state index contributed by atoms with van der Waals surface area (Å²) in [7, 11) is 3.53. The van der Waals surface area contributed by atoms with Crippen molar-refractivity contribution in [3.8, 4) is 5.75 Å². The first-order valence-corrected chi connectivity index (χ1v) is 9.22. The van der Waals surface area contributed by atoms with Gasteiger partial charge in [-0.25, -0.2) is 9.18 Å². The van der Waals surface area contributed by atoms with E-state index in [1.54, 1.807) is 25.1 Å². The Morgan fingerprint density at radius 3 is 2.45 bits per heavy atom. The number of carbonyl (C=O) groups is 2. The fourth-order valence-corrected chi connectivity index (χ4v) is 2.81. The van der Waals surface area contributed by atoms with Gasteiger partial charge in [-0.2, -0.15) is 0 Å². The van der Waals surface area contributed by atoms with Gasteiger partial charge in [-0.1, -0.05) is 19.1 Å². The Hall–Kier alpha value is -2.71. The summed E-state index contributed by atoms with van der Waals surface area (Å²) in [4.78, 5) is 26.4. The van der Waals surface area contributed by atoms with E-state index in [0.717, 1.165) is 6.08 Å². The van der Waals surface area contributed by atoms with E-state index in [1.807, 2.05) is 0 Å². The number of esters is 1. The molecule has 29 heavy (non-hydrogen) atoms.